The lowest BCUT2D eigenvalue weighted by Crippen LogP contribution is -2.31. The Morgan fingerprint density at radius 3 is 2.47 bits per heavy atom. The third-order valence-electron chi connectivity index (χ3n) is 4.80. The van der Waals surface area contributed by atoms with Gasteiger partial charge in [0.25, 0.3) is 5.91 Å². The van der Waals surface area contributed by atoms with Gasteiger partial charge in [-0.15, -0.1) is 10.2 Å². The summed E-state index contributed by atoms with van der Waals surface area (Å²) in [5.41, 5.74) is 1.00. The van der Waals surface area contributed by atoms with E-state index in [1.165, 1.54) is 17.8 Å². The van der Waals surface area contributed by atoms with Crippen LogP contribution < -0.4 is 5.32 Å². The van der Waals surface area contributed by atoms with E-state index in [4.69, 9.17) is 23.2 Å². The highest BCUT2D eigenvalue weighted by Gasteiger charge is 2.24. The molecule has 1 N–H and O–H groups in total. The second kappa shape index (κ2) is 11.0. The van der Waals surface area contributed by atoms with Gasteiger partial charge < -0.3 is 9.88 Å². The van der Waals surface area contributed by atoms with E-state index in [0.717, 1.165) is 0 Å². The van der Waals surface area contributed by atoms with Crippen molar-refractivity contribution in [1.82, 2.24) is 20.1 Å². The Kier molecular flexibility index (Phi) is 8.34. The summed E-state index contributed by atoms with van der Waals surface area (Å²) in [5.74, 6) is 0.871. The number of carbonyl (C=O) groups is 2. The van der Waals surface area contributed by atoms with Crippen LogP contribution in [0.25, 0.3) is 0 Å². The fraction of sp³-hybridized carbons (Fsp3) is 0.304. The Bertz CT molecular complexity index is 1100. The van der Waals surface area contributed by atoms with Gasteiger partial charge in [0, 0.05) is 17.6 Å². The second-order valence-corrected chi connectivity index (χ2v) is 9.54. The molecule has 32 heavy (non-hydrogen) atoms. The number of nitrogens with one attached hydrogen (secondary N) is 1. The van der Waals surface area contributed by atoms with Crippen molar-refractivity contribution in [3.05, 3.63) is 75.5 Å². The average Bonchev–Trinajstić information content (AvgIpc) is 3.12. The number of hydrogen-bond acceptors (Lipinski definition) is 5. The number of benzene rings is 2. The van der Waals surface area contributed by atoms with E-state index in [1.807, 2.05) is 29.8 Å². The van der Waals surface area contributed by atoms with Gasteiger partial charge in [-0.25, -0.2) is 0 Å². The molecule has 9 heteroatoms. The number of nitrogens with zero attached hydrogens (tertiary/aromatic N) is 3. The molecule has 6 nitrogen and oxygen atoms in total. The van der Waals surface area contributed by atoms with E-state index in [-0.39, 0.29) is 28.5 Å². The Balaban J connectivity index is 1.75. The van der Waals surface area contributed by atoms with Crippen molar-refractivity contribution < 1.29 is 9.59 Å². The smallest absolute Gasteiger partial charge is 0.253 e. The lowest BCUT2D eigenvalue weighted by Gasteiger charge is -2.20. The molecular formula is C23H24Cl2N4O2S. The van der Waals surface area contributed by atoms with Crippen molar-refractivity contribution in [3.8, 4) is 0 Å². The van der Waals surface area contributed by atoms with Gasteiger partial charge in [0.15, 0.2) is 16.8 Å². The van der Waals surface area contributed by atoms with Gasteiger partial charge in [-0.1, -0.05) is 79.1 Å². The van der Waals surface area contributed by atoms with Crippen LogP contribution in [0.2, 0.25) is 10.0 Å². The van der Waals surface area contributed by atoms with Crippen LogP contribution in [0.15, 0.2) is 53.7 Å². The fourth-order valence-corrected chi connectivity index (χ4v) is 4.51. The van der Waals surface area contributed by atoms with Crippen molar-refractivity contribution in [3.63, 3.8) is 0 Å². The van der Waals surface area contributed by atoms with E-state index in [1.54, 1.807) is 24.3 Å². The normalized spacial score (nSPS) is 12.1. The highest BCUT2D eigenvalue weighted by atomic mass is 35.5. The maximum Gasteiger partial charge on any atom is 0.253 e. The van der Waals surface area contributed by atoms with Gasteiger partial charge in [0.2, 0.25) is 0 Å². The predicted molar refractivity (Wildman–Crippen MR) is 129 cm³/mol. The SMILES string of the molecule is CC(C)CC(NC(=O)c1ccc(Cl)cc1Cl)c1nnc(SCC(=O)c2ccccc2)n1C. The van der Waals surface area contributed by atoms with Gasteiger partial charge in [-0.2, -0.15) is 0 Å². The van der Waals surface area contributed by atoms with Crippen LogP contribution in [0, 0.1) is 5.92 Å². The lowest BCUT2D eigenvalue weighted by atomic mass is 10.0. The number of halogens is 2. The third kappa shape index (κ3) is 6.12. The molecule has 3 rings (SSSR count). The zero-order chi connectivity index (χ0) is 23.3. The lowest BCUT2D eigenvalue weighted by molar-refractivity contribution is 0.0928. The zero-order valence-corrected chi connectivity index (χ0v) is 20.3. The number of thioether (sulfide) groups is 1. The molecule has 1 unspecified atom stereocenters. The van der Waals surface area contributed by atoms with Crippen molar-refractivity contribution in [2.45, 2.75) is 31.5 Å². The molecular weight excluding hydrogens is 467 g/mol. The van der Waals surface area contributed by atoms with Gasteiger partial charge in [-0.05, 0) is 30.5 Å². The number of carbonyl (C=O) groups excluding carboxylic acids is 2. The van der Waals surface area contributed by atoms with Crippen LogP contribution in [0.1, 0.15) is 52.9 Å². The summed E-state index contributed by atoms with van der Waals surface area (Å²) in [6.07, 6.45) is 0.663. The average molecular weight is 491 g/mol. The molecule has 0 aliphatic heterocycles. The van der Waals surface area contributed by atoms with Crippen molar-refractivity contribution in [2.24, 2.45) is 13.0 Å². The van der Waals surface area contributed by atoms with Gasteiger partial charge in [0.05, 0.1) is 22.4 Å². The first-order valence-corrected chi connectivity index (χ1v) is 11.9. The van der Waals surface area contributed by atoms with E-state index < -0.39 is 0 Å². The largest absolute Gasteiger partial charge is 0.342 e. The molecule has 1 aromatic heterocycles. The number of rotatable bonds is 9. The maximum atomic E-state index is 12.9. The number of amides is 1. The summed E-state index contributed by atoms with van der Waals surface area (Å²) in [6.45, 7) is 4.14. The predicted octanol–water partition coefficient (Wildman–Crippen LogP) is 5.61. The first-order chi connectivity index (χ1) is 15.3. The molecule has 168 valence electrons. The van der Waals surface area contributed by atoms with Gasteiger partial charge >= 0.3 is 0 Å². The van der Waals surface area contributed by atoms with E-state index in [2.05, 4.69) is 29.4 Å². The standard InChI is InChI=1S/C23H24Cl2N4O2S/c1-14(2)11-19(26-22(31)17-10-9-16(24)12-18(17)25)21-27-28-23(29(21)3)32-13-20(30)15-7-5-4-6-8-15/h4-10,12,14,19H,11,13H2,1-3H3,(H,26,31). The van der Waals surface area contributed by atoms with Crippen LogP contribution in [0.3, 0.4) is 0 Å². The summed E-state index contributed by atoms with van der Waals surface area (Å²) in [7, 11) is 1.83. The van der Waals surface area contributed by atoms with Crippen molar-refractivity contribution >= 4 is 46.7 Å². The monoisotopic (exact) mass is 490 g/mol. The molecule has 1 heterocycles. The number of aromatic nitrogens is 3. The Morgan fingerprint density at radius 1 is 1.09 bits per heavy atom. The molecule has 0 spiro atoms. The molecule has 2 aromatic carbocycles. The molecule has 1 amide bonds. The van der Waals surface area contributed by atoms with Crippen LogP contribution in [-0.2, 0) is 7.05 Å². The van der Waals surface area contributed by atoms with E-state index in [0.29, 0.717) is 39.5 Å². The Morgan fingerprint density at radius 2 is 1.81 bits per heavy atom. The molecule has 3 aromatic rings. The molecule has 1 atom stereocenters. The Hall–Kier alpha value is -2.35. The molecule has 0 fully saturated rings. The molecule has 0 aliphatic rings. The first-order valence-electron chi connectivity index (χ1n) is 10.1. The topological polar surface area (TPSA) is 76.9 Å². The highest BCUT2D eigenvalue weighted by molar-refractivity contribution is 7.99. The molecule has 0 aliphatic carbocycles. The summed E-state index contributed by atoms with van der Waals surface area (Å²) < 4.78 is 1.82. The van der Waals surface area contributed by atoms with Crippen LogP contribution in [-0.4, -0.2) is 32.2 Å². The molecule has 0 bridgehead atoms. The number of hydrogen-bond donors (Lipinski definition) is 1. The minimum absolute atomic E-state index is 0.0181. The van der Waals surface area contributed by atoms with Crippen molar-refractivity contribution in [2.75, 3.05) is 5.75 Å². The quantitative estimate of drug-likeness (QED) is 0.311. The highest BCUT2D eigenvalue weighted by Crippen LogP contribution is 2.26. The summed E-state index contributed by atoms with van der Waals surface area (Å²) in [4.78, 5) is 25.3. The summed E-state index contributed by atoms with van der Waals surface area (Å²) in [5, 5.41) is 12.9. The van der Waals surface area contributed by atoms with E-state index in [9.17, 15) is 9.59 Å². The third-order valence-corrected chi connectivity index (χ3v) is 6.36. The first kappa shape index (κ1) is 24.3. The van der Waals surface area contributed by atoms with Crippen LogP contribution in [0.5, 0.6) is 0 Å². The second-order valence-electron chi connectivity index (χ2n) is 7.76. The minimum Gasteiger partial charge on any atom is -0.342 e. The minimum atomic E-state index is -0.370. The zero-order valence-electron chi connectivity index (χ0n) is 18.0. The fourth-order valence-electron chi connectivity index (χ4n) is 3.20. The van der Waals surface area contributed by atoms with Gasteiger partial charge in [-0.3, -0.25) is 9.59 Å². The maximum absolute atomic E-state index is 12.9. The van der Waals surface area contributed by atoms with Crippen molar-refractivity contribution in [1.29, 1.82) is 0 Å². The van der Waals surface area contributed by atoms with Crippen LogP contribution >= 0.6 is 35.0 Å². The molecule has 0 radical (unpaired) electrons. The summed E-state index contributed by atoms with van der Waals surface area (Å²) in [6, 6.07) is 13.5. The van der Waals surface area contributed by atoms with E-state index >= 15 is 0 Å². The summed E-state index contributed by atoms with van der Waals surface area (Å²) >= 11 is 13.5. The number of Topliss-reactive ketones (excluding diaryl/α,β-unsaturated/α-hetero) is 1. The number of ketones is 1. The van der Waals surface area contributed by atoms with Gasteiger partial charge in [0.1, 0.15) is 0 Å². The molecule has 0 saturated carbocycles. The van der Waals surface area contributed by atoms with Crippen LogP contribution in [0.4, 0.5) is 0 Å². The molecule has 0 saturated heterocycles. The Labute approximate surface area is 201 Å².